The molecule has 0 radical (unpaired) electrons. The second kappa shape index (κ2) is 9.13. The average Bonchev–Trinajstić information content (AvgIpc) is 2.58. The lowest BCUT2D eigenvalue weighted by atomic mass is 10.1. The van der Waals surface area contributed by atoms with Crippen molar-refractivity contribution in [3.8, 4) is 0 Å². The van der Waals surface area contributed by atoms with E-state index in [0.29, 0.717) is 30.0 Å². The molecule has 0 aliphatic rings. The van der Waals surface area contributed by atoms with Gasteiger partial charge in [0.1, 0.15) is 0 Å². The predicted molar refractivity (Wildman–Crippen MR) is 93.5 cm³/mol. The lowest BCUT2D eigenvalue weighted by molar-refractivity contribution is 0.104. The Hall–Kier alpha value is -2.10. The number of allylic oxidation sites excluding steroid dienone is 2. The van der Waals surface area contributed by atoms with Gasteiger partial charge in [-0.2, -0.15) is 0 Å². The summed E-state index contributed by atoms with van der Waals surface area (Å²) in [5.41, 5.74) is 2.56. The molecule has 0 aliphatic heterocycles. The first-order valence-electron chi connectivity index (χ1n) is 7.58. The number of ketones is 1. The monoisotopic (exact) mass is 329 g/mol. The summed E-state index contributed by atoms with van der Waals surface area (Å²) in [5.74, 6) is -0.0739. The number of aliphatic hydroxyl groups excluding tert-OH is 1. The third-order valence-electron chi connectivity index (χ3n) is 3.40. The molecule has 2 aromatic rings. The molecule has 0 unspecified atom stereocenters. The molecule has 4 heteroatoms. The van der Waals surface area contributed by atoms with E-state index >= 15 is 0 Å². The van der Waals surface area contributed by atoms with E-state index in [1.165, 1.54) is 0 Å². The third kappa shape index (κ3) is 5.89. The number of hydrogen-bond donors (Lipinski definition) is 2. The lowest BCUT2D eigenvalue weighted by Gasteiger charge is -2.11. The standard InChI is InChI=1S/C19H20ClNO2/c20-17-10-8-16(9-11-17)19(23)13-18(7-4-12-22)21-14-15-5-2-1-3-6-15/h1-3,5-6,8-11,13,21-22H,4,7,12,14H2/b18-13+. The molecule has 2 aromatic carbocycles. The minimum atomic E-state index is -0.0739. The quantitative estimate of drug-likeness (QED) is 0.569. The Bertz CT molecular complexity index is 651. The van der Waals surface area contributed by atoms with Crippen LogP contribution in [0.15, 0.2) is 66.4 Å². The zero-order chi connectivity index (χ0) is 16.5. The first kappa shape index (κ1) is 17.3. The van der Waals surface area contributed by atoms with E-state index in [4.69, 9.17) is 16.7 Å². The van der Waals surface area contributed by atoms with Crippen LogP contribution in [0.25, 0.3) is 0 Å². The van der Waals surface area contributed by atoms with Crippen LogP contribution in [0.2, 0.25) is 5.02 Å². The molecular formula is C19H20ClNO2. The molecule has 0 aromatic heterocycles. The number of carbonyl (C=O) groups is 1. The van der Waals surface area contributed by atoms with E-state index in [9.17, 15) is 4.79 Å². The highest BCUT2D eigenvalue weighted by Crippen LogP contribution is 2.12. The molecular weight excluding hydrogens is 310 g/mol. The van der Waals surface area contributed by atoms with Crippen molar-refractivity contribution in [2.24, 2.45) is 0 Å². The van der Waals surface area contributed by atoms with Crippen LogP contribution in [0.5, 0.6) is 0 Å². The molecule has 23 heavy (non-hydrogen) atoms. The first-order chi connectivity index (χ1) is 11.2. The minimum Gasteiger partial charge on any atom is -0.396 e. The van der Waals surface area contributed by atoms with E-state index < -0.39 is 0 Å². The first-order valence-corrected chi connectivity index (χ1v) is 7.96. The van der Waals surface area contributed by atoms with Gasteiger partial charge in [-0.15, -0.1) is 0 Å². The SMILES string of the molecule is O=C(/C=C(\CCCO)NCc1ccccc1)c1ccc(Cl)cc1. The largest absolute Gasteiger partial charge is 0.396 e. The van der Waals surface area contributed by atoms with Crippen LogP contribution in [-0.2, 0) is 6.54 Å². The third-order valence-corrected chi connectivity index (χ3v) is 3.65. The number of aliphatic hydroxyl groups is 1. The van der Waals surface area contributed by atoms with Crippen LogP contribution in [0.3, 0.4) is 0 Å². The Labute approximate surface area is 141 Å². The normalized spacial score (nSPS) is 11.3. The number of rotatable bonds is 8. The molecule has 0 bridgehead atoms. The van der Waals surface area contributed by atoms with Crippen LogP contribution in [0.1, 0.15) is 28.8 Å². The van der Waals surface area contributed by atoms with Gasteiger partial charge in [-0.25, -0.2) is 0 Å². The van der Waals surface area contributed by atoms with Gasteiger partial charge < -0.3 is 10.4 Å². The van der Waals surface area contributed by atoms with E-state index in [1.54, 1.807) is 30.3 Å². The summed E-state index contributed by atoms with van der Waals surface area (Å²) in [5, 5.41) is 12.9. The van der Waals surface area contributed by atoms with Crippen molar-refractivity contribution < 1.29 is 9.90 Å². The average molecular weight is 330 g/mol. The highest BCUT2D eigenvalue weighted by Gasteiger charge is 2.06. The van der Waals surface area contributed by atoms with Gasteiger partial charge in [0.25, 0.3) is 0 Å². The maximum atomic E-state index is 12.3. The Morgan fingerprint density at radius 2 is 1.78 bits per heavy atom. The molecule has 0 heterocycles. The zero-order valence-corrected chi connectivity index (χ0v) is 13.6. The van der Waals surface area contributed by atoms with Crippen molar-refractivity contribution in [3.63, 3.8) is 0 Å². The van der Waals surface area contributed by atoms with Gasteiger partial charge >= 0.3 is 0 Å². The number of carbonyl (C=O) groups excluding carboxylic acids is 1. The lowest BCUT2D eigenvalue weighted by Crippen LogP contribution is -2.15. The fraction of sp³-hybridized carbons (Fsp3) is 0.211. The fourth-order valence-electron chi connectivity index (χ4n) is 2.15. The van der Waals surface area contributed by atoms with Crippen molar-refractivity contribution in [1.29, 1.82) is 0 Å². The van der Waals surface area contributed by atoms with Gasteiger partial charge in [-0.3, -0.25) is 4.79 Å². The predicted octanol–water partition coefficient (Wildman–Crippen LogP) is 3.97. The van der Waals surface area contributed by atoms with Crippen molar-refractivity contribution in [2.75, 3.05) is 6.61 Å². The highest BCUT2D eigenvalue weighted by atomic mass is 35.5. The molecule has 2 N–H and O–H groups in total. The summed E-state index contributed by atoms with van der Waals surface area (Å²) >= 11 is 5.84. The van der Waals surface area contributed by atoms with Crippen molar-refractivity contribution >= 4 is 17.4 Å². The molecule has 0 saturated heterocycles. The summed E-state index contributed by atoms with van der Waals surface area (Å²) < 4.78 is 0. The summed E-state index contributed by atoms with van der Waals surface area (Å²) in [6.07, 6.45) is 2.84. The number of nitrogens with one attached hydrogen (secondary N) is 1. The van der Waals surface area contributed by atoms with Gasteiger partial charge in [0.15, 0.2) is 5.78 Å². The molecule has 0 atom stereocenters. The van der Waals surface area contributed by atoms with Crippen LogP contribution in [0.4, 0.5) is 0 Å². The minimum absolute atomic E-state index is 0.0739. The highest BCUT2D eigenvalue weighted by molar-refractivity contribution is 6.30. The zero-order valence-electron chi connectivity index (χ0n) is 12.8. The second-order valence-corrected chi connectivity index (χ2v) is 5.64. The van der Waals surface area contributed by atoms with Crippen LogP contribution in [0, 0.1) is 0 Å². The Balaban J connectivity index is 2.06. The Morgan fingerprint density at radius 3 is 2.43 bits per heavy atom. The molecule has 2 rings (SSSR count). The molecule has 0 amide bonds. The van der Waals surface area contributed by atoms with Gasteiger partial charge in [-0.1, -0.05) is 41.9 Å². The van der Waals surface area contributed by atoms with Crippen LogP contribution < -0.4 is 5.32 Å². The maximum absolute atomic E-state index is 12.3. The molecule has 0 fully saturated rings. The van der Waals surface area contributed by atoms with Crippen molar-refractivity contribution in [2.45, 2.75) is 19.4 Å². The molecule has 0 saturated carbocycles. The smallest absolute Gasteiger partial charge is 0.187 e. The topological polar surface area (TPSA) is 49.3 Å². The number of benzene rings is 2. The fourth-order valence-corrected chi connectivity index (χ4v) is 2.27. The molecule has 0 aliphatic carbocycles. The van der Waals surface area contributed by atoms with E-state index in [2.05, 4.69) is 5.32 Å². The van der Waals surface area contributed by atoms with Gasteiger partial charge in [-0.05, 0) is 42.7 Å². The van der Waals surface area contributed by atoms with Gasteiger partial charge in [0.05, 0.1) is 0 Å². The Morgan fingerprint density at radius 1 is 1.09 bits per heavy atom. The van der Waals surface area contributed by atoms with E-state index in [1.807, 2.05) is 30.3 Å². The number of hydrogen-bond acceptors (Lipinski definition) is 3. The molecule has 120 valence electrons. The Kier molecular flexibility index (Phi) is 6.85. The van der Waals surface area contributed by atoms with Gasteiger partial charge in [0.2, 0.25) is 0 Å². The second-order valence-electron chi connectivity index (χ2n) is 5.21. The summed E-state index contributed by atoms with van der Waals surface area (Å²) in [6, 6.07) is 16.8. The van der Waals surface area contributed by atoms with Gasteiger partial charge in [0, 0.05) is 35.5 Å². The van der Waals surface area contributed by atoms with Crippen molar-refractivity contribution in [1.82, 2.24) is 5.32 Å². The van der Waals surface area contributed by atoms with E-state index in [-0.39, 0.29) is 12.4 Å². The van der Waals surface area contributed by atoms with Crippen LogP contribution in [-0.4, -0.2) is 17.5 Å². The van der Waals surface area contributed by atoms with E-state index in [0.717, 1.165) is 11.3 Å². The molecule has 3 nitrogen and oxygen atoms in total. The summed E-state index contributed by atoms with van der Waals surface area (Å²) in [6.45, 7) is 0.742. The summed E-state index contributed by atoms with van der Waals surface area (Å²) in [7, 11) is 0. The maximum Gasteiger partial charge on any atom is 0.187 e. The number of halogens is 1. The van der Waals surface area contributed by atoms with Crippen molar-refractivity contribution in [3.05, 3.63) is 82.5 Å². The van der Waals surface area contributed by atoms with Crippen LogP contribution >= 0.6 is 11.6 Å². The molecule has 0 spiro atoms. The summed E-state index contributed by atoms with van der Waals surface area (Å²) in [4.78, 5) is 12.3.